The smallest absolute Gasteiger partial charge is 0.306 e. The summed E-state index contributed by atoms with van der Waals surface area (Å²) in [5, 5.41) is 0. The highest BCUT2D eigenvalue weighted by atomic mass is 16.6. The van der Waals surface area contributed by atoms with Gasteiger partial charge in [0.1, 0.15) is 6.61 Å². The average molecular weight is 982 g/mol. The number of ether oxygens (including phenoxy) is 3. The lowest BCUT2D eigenvalue weighted by atomic mass is 10.0. The molecule has 0 fully saturated rings. The van der Waals surface area contributed by atoms with E-state index in [1.807, 2.05) is 0 Å². The van der Waals surface area contributed by atoms with Gasteiger partial charge in [-0.1, -0.05) is 307 Å². The highest BCUT2D eigenvalue weighted by Crippen LogP contribution is 2.17. The van der Waals surface area contributed by atoms with Crippen molar-refractivity contribution in [3.8, 4) is 0 Å². The van der Waals surface area contributed by atoms with Crippen LogP contribution in [0.3, 0.4) is 0 Å². The molecule has 1 atom stereocenters. The number of unbranched alkanes of at least 4 members (excludes halogenated alkanes) is 39. The van der Waals surface area contributed by atoms with Gasteiger partial charge < -0.3 is 14.2 Å². The van der Waals surface area contributed by atoms with Crippen LogP contribution < -0.4 is 0 Å². The van der Waals surface area contributed by atoms with Gasteiger partial charge >= 0.3 is 11.9 Å². The van der Waals surface area contributed by atoms with Crippen molar-refractivity contribution in [2.45, 2.75) is 335 Å². The third-order valence-electron chi connectivity index (χ3n) is 13.9. The number of carbonyl (C=O) groups excluding carboxylic acids is 2. The van der Waals surface area contributed by atoms with Crippen LogP contribution in [0, 0.1) is 0 Å². The van der Waals surface area contributed by atoms with E-state index in [9.17, 15) is 9.59 Å². The predicted octanol–water partition coefficient (Wildman–Crippen LogP) is 21.5. The van der Waals surface area contributed by atoms with Gasteiger partial charge in [-0.25, -0.2) is 0 Å². The van der Waals surface area contributed by atoms with Crippen LogP contribution in [-0.4, -0.2) is 37.9 Å². The van der Waals surface area contributed by atoms with Crippen molar-refractivity contribution < 1.29 is 23.8 Å². The Morgan fingerprint density at radius 2 is 0.643 bits per heavy atom. The minimum atomic E-state index is -0.539. The fourth-order valence-electron chi connectivity index (χ4n) is 9.27. The van der Waals surface area contributed by atoms with Crippen LogP contribution >= 0.6 is 0 Å². The molecule has 5 heteroatoms. The van der Waals surface area contributed by atoms with E-state index in [1.165, 1.54) is 225 Å². The molecule has 0 amide bonds. The summed E-state index contributed by atoms with van der Waals surface area (Å²) in [4.78, 5) is 25.6. The molecule has 0 radical (unpaired) electrons. The molecule has 5 nitrogen and oxygen atoms in total. The molecule has 0 aromatic rings. The van der Waals surface area contributed by atoms with Crippen LogP contribution in [0.15, 0.2) is 48.6 Å². The van der Waals surface area contributed by atoms with E-state index in [-0.39, 0.29) is 25.2 Å². The first-order valence-corrected chi connectivity index (χ1v) is 31.2. The third-order valence-corrected chi connectivity index (χ3v) is 13.9. The number of carbonyl (C=O) groups is 2. The summed E-state index contributed by atoms with van der Waals surface area (Å²) in [6.45, 7) is 7.78. The molecule has 0 aromatic carbocycles. The molecular formula is C65H120O5. The molecule has 1 unspecified atom stereocenters. The van der Waals surface area contributed by atoms with E-state index in [0.29, 0.717) is 19.4 Å². The Morgan fingerprint density at radius 1 is 0.329 bits per heavy atom. The van der Waals surface area contributed by atoms with Crippen LogP contribution in [0.5, 0.6) is 0 Å². The molecule has 0 saturated carbocycles. The van der Waals surface area contributed by atoms with Crippen molar-refractivity contribution in [2.75, 3.05) is 19.8 Å². The van der Waals surface area contributed by atoms with Crippen LogP contribution in [0.2, 0.25) is 0 Å². The van der Waals surface area contributed by atoms with Gasteiger partial charge in [0.15, 0.2) is 6.10 Å². The quantitative estimate of drug-likeness (QED) is 0.0345. The Labute approximate surface area is 437 Å². The SMILES string of the molecule is CC/C=C\C/C=C\C/C=C\C/C=C\CCCCCCCCC(=O)OCC(COCCCCCCCCCCCCCCCCCCCCCC)OC(=O)CCCCCCCCCCCCCCCCC. The summed E-state index contributed by atoms with van der Waals surface area (Å²) in [5.74, 6) is -0.392. The Kier molecular flexibility index (Phi) is 59.3. The lowest BCUT2D eigenvalue weighted by Gasteiger charge is -2.18. The summed E-state index contributed by atoms with van der Waals surface area (Å²) in [6.07, 6.45) is 77.2. The molecule has 0 aliphatic carbocycles. The van der Waals surface area contributed by atoms with Gasteiger partial charge in [-0.15, -0.1) is 0 Å². The first kappa shape index (κ1) is 67.9. The average Bonchev–Trinajstić information content (AvgIpc) is 3.36. The Morgan fingerprint density at radius 3 is 1.03 bits per heavy atom. The molecule has 410 valence electrons. The maximum atomic E-state index is 12.9. The molecule has 70 heavy (non-hydrogen) atoms. The van der Waals surface area contributed by atoms with Crippen molar-refractivity contribution in [1.82, 2.24) is 0 Å². The fraction of sp³-hybridized carbons (Fsp3) is 0.846. The first-order valence-electron chi connectivity index (χ1n) is 31.2. The second kappa shape index (κ2) is 61.2. The van der Waals surface area contributed by atoms with Crippen LogP contribution in [0.4, 0.5) is 0 Å². The summed E-state index contributed by atoms with van der Waals surface area (Å²) in [5.41, 5.74) is 0. The number of hydrogen-bond donors (Lipinski definition) is 0. The fourth-order valence-corrected chi connectivity index (χ4v) is 9.27. The Balaban J connectivity index is 4.24. The zero-order valence-corrected chi connectivity index (χ0v) is 47.3. The molecule has 0 aromatic heterocycles. The second-order valence-corrected chi connectivity index (χ2v) is 20.9. The van der Waals surface area contributed by atoms with Crippen molar-refractivity contribution in [3.05, 3.63) is 48.6 Å². The van der Waals surface area contributed by atoms with Crippen molar-refractivity contribution in [3.63, 3.8) is 0 Å². The molecule has 0 aliphatic rings. The van der Waals surface area contributed by atoms with Gasteiger partial charge in [-0.2, -0.15) is 0 Å². The minimum absolute atomic E-state index is 0.0833. The van der Waals surface area contributed by atoms with Crippen LogP contribution in [0.25, 0.3) is 0 Å². The monoisotopic (exact) mass is 981 g/mol. The van der Waals surface area contributed by atoms with Gasteiger partial charge in [0, 0.05) is 19.4 Å². The van der Waals surface area contributed by atoms with E-state index in [1.54, 1.807) is 0 Å². The largest absolute Gasteiger partial charge is 0.462 e. The van der Waals surface area contributed by atoms with E-state index < -0.39 is 6.10 Å². The van der Waals surface area contributed by atoms with Crippen LogP contribution in [-0.2, 0) is 23.8 Å². The van der Waals surface area contributed by atoms with Crippen molar-refractivity contribution in [2.24, 2.45) is 0 Å². The van der Waals surface area contributed by atoms with E-state index in [2.05, 4.69) is 69.4 Å². The summed E-state index contributed by atoms with van der Waals surface area (Å²) in [6, 6.07) is 0. The van der Waals surface area contributed by atoms with Crippen molar-refractivity contribution >= 4 is 11.9 Å². The Hall–Kier alpha value is -2.14. The summed E-state index contributed by atoms with van der Waals surface area (Å²) in [7, 11) is 0. The Bertz CT molecular complexity index is 1150. The molecule has 0 bridgehead atoms. The summed E-state index contributed by atoms with van der Waals surface area (Å²) >= 11 is 0. The number of esters is 2. The van der Waals surface area contributed by atoms with E-state index >= 15 is 0 Å². The lowest BCUT2D eigenvalue weighted by Crippen LogP contribution is -2.30. The highest BCUT2D eigenvalue weighted by Gasteiger charge is 2.18. The number of allylic oxidation sites excluding steroid dienone is 8. The molecule has 0 saturated heterocycles. The van der Waals surface area contributed by atoms with E-state index in [4.69, 9.17) is 14.2 Å². The molecule has 0 heterocycles. The second-order valence-electron chi connectivity index (χ2n) is 20.9. The van der Waals surface area contributed by atoms with Gasteiger partial charge in [-0.3, -0.25) is 9.59 Å². The van der Waals surface area contributed by atoms with Gasteiger partial charge in [0.05, 0.1) is 6.61 Å². The maximum Gasteiger partial charge on any atom is 0.306 e. The number of rotatable bonds is 58. The minimum Gasteiger partial charge on any atom is -0.462 e. The normalized spacial score (nSPS) is 12.4. The molecule has 0 spiro atoms. The predicted molar refractivity (Wildman–Crippen MR) is 307 cm³/mol. The van der Waals surface area contributed by atoms with Gasteiger partial charge in [0.2, 0.25) is 0 Å². The zero-order chi connectivity index (χ0) is 50.6. The summed E-state index contributed by atoms with van der Waals surface area (Å²) < 4.78 is 17.5. The third kappa shape index (κ3) is 58.4. The van der Waals surface area contributed by atoms with Crippen molar-refractivity contribution in [1.29, 1.82) is 0 Å². The van der Waals surface area contributed by atoms with Crippen LogP contribution in [0.1, 0.15) is 329 Å². The highest BCUT2D eigenvalue weighted by molar-refractivity contribution is 5.70. The number of hydrogen-bond acceptors (Lipinski definition) is 5. The first-order chi connectivity index (χ1) is 34.6. The topological polar surface area (TPSA) is 61.8 Å². The maximum absolute atomic E-state index is 12.9. The molecular weight excluding hydrogens is 861 g/mol. The zero-order valence-electron chi connectivity index (χ0n) is 47.3. The van der Waals surface area contributed by atoms with Gasteiger partial charge in [0.25, 0.3) is 0 Å². The van der Waals surface area contributed by atoms with E-state index in [0.717, 1.165) is 70.6 Å². The lowest BCUT2D eigenvalue weighted by molar-refractivity contribution is -0.163. The van der Waals surface area contributed by atoms with Gasteiger partial charge in [-0.05, 0) is 57.8 Å². The molecule has 0 rings (SSSR count). The molecule has 0 aliphatic heterocycles. The molecule has 0 N–H and O–H groups in total. The standard InChI is InChI=1S/C65H120O5/c1-4-7-10-13-16-19-22-25-28-30-32-34-36-39-42-45-48-51-54-57-60-68-61-63(70-65(67)59-56-53-50-47-44-41-37-27-24-21-18-15-12-9-6-3)62-69-64(66)58-55-52-49-46-43-40-38-35-33-31-29-26-23-20-17-14-11-8-5-2/h8,11,17,20,26,29,33,35,63H,4-7,9-10,12-16,18-19,21-25,27-28,30-32,34,36-62H2,1-3H3/b11-8-,20-17-,29-26-,35-33-.